The zero-order chi connectivity index (χ0) is 14.2. The molecule has 0 fully saturated rings. The average Bonchev–Trinajstić information content (AvgIpc) is 2.31. The number of H-pyrrole nitrogens is 1. The van der Waals surface area contributed by atoms with Crippen molar-refractivity contribution in [1.29, 1.82) is 0 Å². The minimum absolute atomic E-state index is 0.136. The number of nitrogens with zero attached hydrogens (tertiary/aromatic N) is 1. The molecule has 0 atom stereocenters. The third-order valence-electron chi connectivity index (χ3n) is 2.98. The molecule has 0 aliphatic rings. The zero-order valence-electron chi connectivity index (χ0n) is 11.5. The first-order chi connectivity index (χ1) is 8.79. The van der Waals surface area contributed by atoms with Gasteiger partial charge in [0.2, 0.25) is 0 Å². The number of rotatable bonds is 1. The zero-order valence-corrected chi connectivity index (χ0v) is 12.4. The summed E-state index contributed by atoms with van der Waals surface area (Å²) in [6.45, 7) is 8.08. The standard InChI is InChI=1S/C15H17FN2S/c1-9-12(10-6-5-7-11(16)8-10)17-14(15(2,3)4)18-13(9)19/h5-8H,1-4H3,(H,17,18,19). The quantitative estimate of drug-likeness (QED) is 0.774. The molecule has 2 rings (SSSR count). The average molecular weight is 276 g/mol. The molecule has 1 heterocycles. The lowest BCUT2D eigenvalue weighted by molar-refractivity contribution is 0.544. The molecule has 1 aromatic carbocycles. The third kappa shape index (κ3) is 2.89. The number of benzene rings is 1. The van der Waals surface area contributed by atoms with Crippen LogP contribution in [0.4, 0.5) is 4.39 Å². The van der Waals surface area contributed by atoms with Crippen LogP contribution in [0, 0.1) is 17.4 Å². The summed E-state index contributed by atoms with van der Waals surface area (Å²) in [4.78, 5) is 7.71. The molecule has 0 spiro atoms. The van der Waals surface area contributed by atoms with Crippen LogP contribution in [0.1, 0.15) is 32.2 Å². The molecule has 0 saturated carbocycles. The van der Waals surface area contributed by atoms with Crippen molar-refractivity contribution in [2.45, 2.75) is 33.1 Å². The van der Waals surface area contributed by atoms with Crippen LogP contribution in [0.2, 0.25) is 0 Å². The van der Waals surface area contributed by atoms with E-state index in [1.54, 1.807) is 6.07 Å². The highest BCUT2D eigenvalue weighted by atomic mass is 32.1. The molecule has 2 nitrogen and oxygen atoms in total. The Morgan fingerprint density at radius 1 is 1.26 bits per heavy atom. The van der Waals surface area contributed by atoms with Crippen LogP contribution in [-0.4, -0.2) is 9.97 Å². The maximum atomic E-state index is 13.4. The molecule has 100 valence electrons. The molecule has 0 radical (unpaired) electrons. The van der Waals surface area contributed by atoms with Gasteiger partial charge in [-0.3, -0.25) is 0 Å². The SMILES string of the molecule is Cc1c(-c2cccc(F)c2)[nH]c(C(C)(C)C)nc1=S. The van der Waals surface area contributed by atoms with Gasteiger partial charge in [-0.1, -0.05) is 45.1 Å². The second-order valence-electron chi connectivity index (χ2n) is 5.65. The van der Waals surface area contributed by atoms with Crippen molar-refractivity contribution < 1.29 is 4.39 Å². The number of hydrogen-bond acceptors (Lipinski definition) is 2. The summed E-state index contributed by atoms with van der Waals surface area (Å²) in [6, 6.07) is 6.49. The van der Waals surface area contributed by atoms with E-state index in [2.05, 4.69) is 30.7 Å². The summed E-state index contributed by atoms with van der Waals surface area (Å²) < 4.78 is 13.9. The van der Waals surface area contributed by atoms with E-state index in [-0.39, 0.29) is 11.2 Å². The van der Waals surface area contributed by atoms with Gasteiger partial charge in [-0.05, 0) is 19.1 Å². The van der Waals surface area contributed by atoms with Gasteiger partial charge >= 0.3 is 0 Å². The van der Waals surface area contributed by atoms with Crippen LogP contribution in [0.5, 0.6) is 0 Å². The van der Waals surface area contributed by atoms with Crippen LogP contribution >= 0.6 is 12.2 Å². The Labute approximate surface area is 117 Å². The molecule has 0 saturated heterocycles. The van der Waals surface area contributed by atoms with E-state index in [0.29, 0.717) is 4.64 Å². The van der Waals surface area contributed by atoms with Crippen molar-refractivity contribution in [2.24, 2.45) is 0 Å². The molecular weight excluding hydrogens is 259 g/mol. The topological polar surface area (TPSA) is 28.7 Å². The van der Waals surface area contributed by atoms with E-state index in [1.807, 2.05) is 13.0 Å². The molecule has 0 aliphatic carbocycles. The predicted molar refractivity (Wildman–Crippen MR) is 78.3 cm³/mol. The summed E-state index contributed by atoms with van der Waals surface area (Å²) in [5.41, 5.74) is 2.36. The lowest BCUT2D eigenvalue weighted by atomic mass is 9.95. The monoisotopic (exact) mass is 276 g/mol. The first kappa shape index (κ1) is 13.9. The fourth-order valence-corrected chi connectivity index (χ4v) is 2.01. The van der Waals surface area contributed by atoms with Crippen molar-refractivity contribution in [2.75, 3.05) is 0 Å². The lowest BCUT2D eigenvalue weighted by Gasteiger charge is -2.19. The summed E-state index contributed by atoms with van der Waals surface area (Å²) in [5.74, 6) is 0.549. The van der Waals surface area contributed by atoms with Crippen LogP contribution in [0.3, 0.4) is 0 Å². The maximum Gasteiger partial charge on any atom is 0.133 e. The Hall–Kier alpha value is -1.55. The number of aromatic amines is 1. The summed E-state index contributed by atoms with van der Waals surface area (Å²) in [6.07, 6.45) is 0. The molecule has 0 amide bonds. The van der Waals surface area contributed by atoms with Gasteiger partial charge in [0.25, 0.3) is 0 Å². The van der Waals surface area contributed by atoms with Crippen LogP contribution in [0.25, 0.3) is 11.3 Å². The van der Waals surface area contributed by atoms with Crippen molar-refractivity contribution in [3.05, 3.63) is 46.1 Å². The second kappa shape index (κ2) is 4.85. The molecule has 1 N–H and O–H groups in total. The Morgan fingerprint density at radius 2 is 1.95 bits per heavy atom. The Morgan fingerprint density at radius 3 is 2.53 bits per heavy atom. The molecule has 19 heavy (non-hydrogen) atoms. The highest BCUT2D eigenvalue weighted by Crippen LogP contribution is 2.26. The summed E-state index contributed by atoms with van der Waals surface area (Å²) in [5, 5.41) is 0. The third-order valence-corrected chi connectivity index (χ3v) is 3.37. The van der Waals surface area contributed by atoms with Crippen molar-refractivity contribution in [1.82, 2.24) is 9.97 Å². The van der Waals surface area contributed by atoms with Crippen molar-refractivity contribution >= 4 is 12.2 Å². The number of halogens is 1. The van der Waals surface area contributed by atoms with Crippen LogP contribution in [0.15, 0.2) is 24.3 Å². The number of hydrogen-bond donors (Lipinski definition) is 1. The summed E-state index contributed by atoms with van der Waals surface area (Å²) >= 11 is 5.31. The van der Waals surface area contributed by atoms with Gasteiger partial charge in [0.15, 0.2) is 0 Å². The van der Waals surface area contributed by atoms with Gasteiger partial charge < -0.3 is 4.98 Å². The smallest absolute Gasteiger partial charge is 0.133 e. The molecular formula is C15H17FN2S. The van der Waals surface area contributed by atoms with Crippen molar-refractivity contribution in [3.63, 3.8) is 0 Å². The molecule has 0 unspecified atom stereocenters. The normalized spacial score (nSPS) is 11.6. The molecule has 0 bridgehead atoms. The van der Waals surface area contributed by atoms with Gasteiger partial charge in [0.1, 0.15) is 16.3 Å². The lowest BCUT2D eigenvalue weighted by Crippen LogP contribution is -2.17. The molecule has 2 aromatic rings. The van der Waals surface area contributed by atoms with E-state index >= 15 is 0 Å². The maximum absolute atomic E-state index is 13.4. The first-order valence-electron chi connectivity index (χ1n) is 6.16. The first-order valence-corrected chi connectivity index (χ1v) is 6.57. The van der Waals surface area contributed by atoms with Gasteiger partial charge in [-0.2, -0.15) is 0 Å². The Balaban J connectivity index is 2.70. The van der Waals surface area contributed by atoms with E-state index in [4.69, 9.17) is 12.2 Å². The summed E-state index contributed by atoms with van der Waals surface area (Å²) in [7, 11) is 0. The van der Waals surface area contributed by atoms with E-state index < -0.39 is 0 Å². The van der Waals surface area contributed by atoms with Gasteiger partial charge in [-0.15, -0.1) is 0 Å². The number of aromatic nitrogens is 2. The molecule has 1 aromatic heterocycles. The fourth-order valence-electron chi connectivity index (χ4n) is 1.82. The van der Waals surface area contributed by atoms with Crippen molar-refractivity contribution in [3.8, 4) is 11.3 Å². The van der Waals surface area contributed by atoms with Gasteiger partial charge in [-0.25, -0.2) is 9.37 Å². The fraction of sp³-hybridized carbons (Fsp3) is 0.333. The van der Waals surface area contributed by atoms with Crippen LogP contribution in [-0.2, 0) is 5.41 Å². The Bertz CT molecular complexity index is 669. The van der Waals surface area contributed by atoms with E-state index in [1.165, 1.54) is 12.1 Å². The minimum atomic E-state index is -0.259. The van der Waals surface area contributed by atoms with Crippen LogP contribution < -0.4 is 0 Å². The number of nitrogens with one attached hydrogen (secondary N) is 1. The van der Waals surface area contributed by atoms with Gasteiger partial charge in [0.05, 0.1) is 5.69 Å². The Kier molecular flexibility index (Phi) is 3.54. The highest BCUT2D eigenvalue weighted by Gasteiger charge is 2.18. The van der Waals surface area contributed by atoms with E-state index in [0.717, 1.165) is 22.6 Å². The second-order valence-corrected chi connectivity index (χ2v) is 6.04. The largest absolute Gasteiger partial charge is 0.342 e. The van der Waals surface area contributed by atoms with E-state index in [9.17, 15) is 4.39 Å². The minimum Gasteiger partial charge on any atom is -0.342 e. The highest BCUT2D eigenvalue weighted by molar-refractivity contribution is 7.71. The van der Waals surface area contributed by atoms with Gasteiger partial charge in [0, 0.05) is 16.5 Å². The molecule has 4 heteroatoms. The molecule has 0 aliphatic heterocycles. The predicted octanol–water partition coefficient (Wildman–Crippen LogP) is 4.55.